The van der Waals surface area contributed by atoms with Gasteiger partial charge in [-0.1, -0.05) is 39.0 Å². The molecule has 8 rings (SSSR count). The summed E-state index contributed by atoms with van der Waals surface area (Å²) in [6, 6.07) is 22.6. The van der Waals surface area contributed by atoms with Gasteiger partial charge in [0, 0.05) is 40.8 Å². The first-order valence-electron chi connectivity index (χ1n) is 23.8. The van der Waals surface area contributed by atoms with Crippen LogP contribution in [0.4, 0.5) is 9.93 Å². The maximum absolute atomic E-state index is 15.7. The fourth-order valence-electron chi connectivity index (χ4n) is 9.44. The number of nitrogens with one attached hydrogen (secondary N) is 3. The van der Waals surface area contributed by atoms with E-state index in [1.54, 1.807) is 55.7 Å². The minimum Gasteiger partial charge on any atom is -0.497 e. The summed E-state index contributed by atoms with van der Waals surface area (Å²) in [5, 5.41) is 30.3. The van der Waals surface area contributed by atoms with Crippen LogP contribution in [-0.4, -0.2) is 64.4 Å². The van der Waals surface area contributed by atoms with Crippen LogP contribution >= 0.6 is 18.9 Å². The molecule has 3 aliphatic rings. The molecule has 0 bridgehead atoms. The quantitative estimate of drug-likeness (QED) is 0.0549. The van der Waals surface area contributed by atoms with Crippen LogP contribution < -0.4 is 34.5 Å². The summed E-state index contributed by atoms with van der Waals surface area (Å²) in [6.45, 7) is 13.5. The highest BCUT2D eigenvalue weighted by atomic mass is 32.1. The van der Waals surface area contributed by atoms with E-state index in [-0.39, 0.29) is 54.0 Å². The molecule has 18 heteroatoms. The van der Waals surface area contributed by atoms with Crippen molar-refractivity contribution in [1.82, 2.24) is 20.6 Å². The van der Waals surface area contributed by atoms with Gasteiger partial charge in [-0.05, 0) is 113 Å². The van der Waals surface area contributed by atoms with Crippen LogP contribution in [-0.2, 0) is 18.9 Å². The number of methoxy groups -OCH3 is 1. The average Bonchev–Trinajstić information content (AvgIpc) is 3.74. The van der Waals surface area contributed by atoms with Crippen molar-refractivity contribution in [2.75, 3.05) is 12.4 Å². The highest BCUT2D eigenvalue weighted by Gasteiger charge is 2.71. The number of nitriles is 2. The van der Waals surface area contributed by atoms with Crippen LogP contribution in [0.25, 0.3) is 22.3 Å². The van der Waals surface area contributed by atoms with Crippen molar-refractivity contribution in [3.63, 3.8) is 0 Å². The summed E-state index contributed by atoms with van der Waals surface area (Å²) < 4.78 is 46.5. The van der Waals surface area contributed by atoms with Crippen molar-refractivity contribution in [1.29, 1.82) is 10.5 Å². The van der Waals surface area contributed by atoms with Crippen LogP contribution in [0.2, 0.25) is 0 Å². The molecule has 3 saturated carbocycles. The van der Waals surface area contributed by atoms with Crippen molar-refractivity contribution in [2.24, 2.45) is 23.2 Å². The molecule has 0 saturated heterocycles. The lowest BCUT2D eigenvalue weighted by Gasteiger charge is -2.34. The maximum atomic E-state index is 15.7. The molecule has 370 valence electrons. The topological polar surface area (TPSA) is 224 Å². The molecule has 0 spiro atoms. The predicted molar refractivity (Wildman–Crippen MR) is 269 cm³/mol. The van der Waals surface area contributed by atoms with Crippen LogP contribution in [0.3, 0.4) is 0 Å². The Labute approximate surface area is 417 Å². The average molecular weight is 1000 g/mol. The van der Waals surface area contributed by atoms with Crippen LogP contribution in [0.1, 0.15) is 90.7 Å². The number of rotatable bonds is 18. The van der Waals surface area contributed by atoms with Crippen molar-refractivity contribution in [3.05, 3.63) is 102 Å². The minimum atomic E-state index is -4.59. The lowest BCUT2D eigenvalue weighted by Crippen LogP contribution is -2.53. The standard InChI is InChI=1S/C53H58N7O9PS/c1-8-34-27-53(34,70(64,68-37-17-11-13-32(21-37)28-54)69-38-18-12-14-33(22-38)29-55)60-49(62)42-24-39(23-41(42)47(61)48(52(4,5)6)59-51(63)67-35-15-9-10-16-35)66-46-26-44(45-30-71-50(58-45)56-31(2)3)57-43-25-36(65-7)19-20-40(43)46/h8,11-14,17-22,25-26,30-31,34-35,39,41-42,48H,1,9-10,15-16,23-24,27H2,2-7H3,(H,56,58)(H,59,63)(H,60,62)/t34-,39+,41?,42-,48-,53+/m1/s1. The highest BCUT2D eigenvalue weighted by molar-refractivity contribution is 7.57. The van der Waals surface area contributed by atoms with Gasteiger partial charge in [0.15, 0.2) is 16.2 Å². The van der Waals surface area contributed by atoms with Gasteiger partial charge in [0.1, 0.15) is 40.9 Å². The molecular weight excluding hydrogens is 942 g/mol. The van der Waals surface area contributed by atoms with Gasteiger partial charge in [0.05, 0.1) is 53.5 Å². The number of fused-ring (bicyclic) bond motifs is 1. The number of hydrogen-bond acceptors (Lipinski definition) is 15. The monoisotopic (exact) mass is 999 g/mol. The molecule has 3 aliphatic carbocycles. The molecule has 2 heterocycles. The zero-order valence-corrected chi connectivity index (χ0v) is 42.3. The molecule has 3 aromatic carbocycles. The molecule has 3 N–H and O–H groups in total. The van der Waals surface area contributed by atoms with E-state index in [4.69, 9.17) is 33.2 Å². The molecule has 2 aromatic heterocycles. The highest BCUT2D eigenvalue weighted by Crippen LogP contribution is 2.72. The summed E-state index contributed by atoms with van der Waals surface area (Å²) in [5.41, 5.74) is 1.37. The molecule has 0 aliphatic heterocycles. The van der Waals surface area contributed by atoms with Gasteiger partial charge < -0.3 is 39.2 Å². The number of Topliss-reactive ketones (excluding diaryl/α,β-unsaturated/α-hetero) is 1. The second-order valence-electron chi connectivity index (χ2n) is 19.7. The Hall–Kier alpha value is -6.94. The molecule has 71 heavy (non-hydrogen) atoms. The van der Waals surface area contributed by atoms with Gasteiger partial charge in [-0.25, -0.2) is 19.3 Å². The summed E-state index contributed by atoms with van der Waals surface area (Å²) in [6.07, 6.45) is 3.41. The third kappa shape index (κ3) is 11.2. The number of carbonyl (C=O) groups excluding carboxylic acids is 3. The predicted octanol–water partition coefficient (Wildman–Crippen LogP) is 10.7. The number of anilines is 1. The Bertz CT molecular complexity index is 2910. The summed E-state index contributed by atoms with van der Waals surface area (Å²) in [4.78, 5) is 53.8. The zero-order chi connectivity index (χ0) is 50.7. The number of thiazole rings is 1. The fourth-order valence-corrected chi connectivity index (χ4v) is 12.6. The minimum absolute atomic E-state index is 0.0371. The number of pyridine rings is 1. The number of ether oxygens (including phenoxy) is 3. The molecule has 16 nitrogen and oxygen atoms in total. The summed E-state index contributed by atoms with van der Waals surface area (Å²) >= 11 is 1.45. The fraction of sp³-hybridized carbons (Fsp3) is 0.415. The molecule has 2 amide bonds. The lowest BCUT2D eigenvalue weighted by molar-refractivity contribution is -0.135. The maximum Gasteiger partial charge on any atom is 0.456 e. The van der Waals surface area contributed by atoms with Gasteiger partial charge in [-0.2, -0.15) is 10.5 Å². The Kier molecular flexibility index (Phi) is 14.8. The van der Waals surface area contributed by atoms with E-state index in [1.807, 2.05) is 46.1 Å². The zero-order valence-electron chi connectivity index (χ0n) is 40.6. The number of nitrogens with zero attached hydrogens (tertiary/aromatic N) is 4. The van der Waals surface area contributed by atoms with Gasteiger partial charge in [0.2, 0.25) is 5.91 Å². The van der Waals surface area contributed by atoms with E-state index in [0.29, 0.717) is 33.8 Å². The van der Waals surface area contributed by atoms with Crippen molar-refractivity contribution >= 4 is 52.8 Å². The molecule has 1 unspecified atom stereocenters. The Balaban J connectivity index is 1.17. The third-order valence-electron chi connectivity index (χ3n) is 13.1. The second kappa shape index (κ2) is 20.8. The van der Waals surface area contributed by atoms with E-state index in [2.05, 4.69) is 34.7 Å². The number of ketones is 1. The van der Waals surface area contributed by atoms with Gasteiger partial charge in [0.25, 0.3) is 0 Å². The van der Waals surface area contributed by atoms with Crippen molar-refractivity contribution < 1.29 is 42.2 Å². The van der Waals surface area contributed by atoms with Gasteiger partial charge in [-0.3, -0.25) is 9.59 Å². The molecule has 6 atom stereocenters. The third-order valence-corrected chi connectivity index (χ3v) is 16.4. The number of benzene rings is 3. The summed E-state index contributed by atoms with van der Waals surface area (Å²) in [5.74, 6) is -2.64. The Morgan fingerprint density at radius 2 is 1.55 bits per heavy atom. The number of aromatic nitrogens is 2. The Morgan fingerprint density at radius 3 is 2.14 bits per heavy atom. The molecule has 0 radical (unpaired) electrons. The first-order valence-corrected chi connectivity index (χ1v) is 26.2. The van der Waals surface area contributed by atoms with E-state index in [1.165, 1.54) is 35.6 Å². The van der Waals surface area contributed by atoms with Crippen molar-refractivity contribution in [2.45, 2.75) is 109 Å². The number of carbonyl (C=O) groups is 3. The van der Waals surface area contributed by atoms with Crippen molar-refractivity contribution in [3.8, 4) is 46.5 Å². The van der Waals surface area contributed by atoms with Crippen LogP contribution in [0.15, 0.2) is 90.8 Å². The smallest absolute Gasteiger partial charge is 0.456 e. The largest absolute Gasteiger partial charge is 0.497 e. The first kappa shape index (κ1) is 50.4. The Morgan fingerprint density at radius 1 is 0.887 bits per heavy atom. The SMILES string of the molecule is C=C[C@@H]1C[C@]1(NC(=O)[C@@H]1C[C@@H](Oc2cc(-c3csc(NC(C)C)n3)nc3cc(OC)ccc23)CC1C(=O)[C@@H](NC(=O)OC1CCCC1)C(C)(C)C)P(=O)(Oc1cccc(C#N)c1)Oc1cccc(C#N)c1. The van der Waals surface area contributed by atoms with E-state index in [0.717, 1.165) is 30.8 Å². The van der Waals surface area contributed by atoms with Gasteiger partial charge >= 0.3 is 13.7 Å². The normalized spacial score (nSPS) is 21.3. The number of amides is 2. The number of hydrogen-bond donors (Lipinski definition) is 3. The number of alkyl carbamates (subject to hydrolysis) is 1. The molecule has 3 fully saturated rings. The second-order valence-corrected chi connectivity index (χ2v) is 22.7. The van der Waals surface area contributed by atoms with Gasteiger partial charge in [-0.15, -0.1) is 17.9 Å². The van der Waals surface area contributed by atoms with E-state index in [9.17, 15) is 15.3 Å². The van der Waals surface area contributed by atoms with Crippen LogP contribution in [0.5, 0.6) is 23.0 Å². The van der Waals surface area contributed by atoms with Crippen LogP contribution in [0, 0.1) is 45.8 Å². The van der Waals surface area contributed by atoms with E-state index < -0.39 is 66.0 Å². The molecule has 5 aromatic rings. The van der Waals surface area contributed by atoms with E-state index >= 15 is 14.2 Å². The first-order chi connectivity index (χ1) is 33.9. The molecular formula is C53H58N7O9PS. The lowest BCUT2D eigenvalue weighted by atomic mass is 9.77. The summed E-state index contributed by atoms with van der Waals surface area (Å²) in [7, 11) is -3.02.